The number of aryl methyl sites for hydroxylation is 1. The van der Waals surface area contributed by atoms with Gasteiger partial charge in [0.1, 0.15) is 10.8 Å². The molecule has 0 unspecified atom stereocenters. The van der Waals surface area contributed by atoms with Gasteiger partial charge in [0.05, 0.1) is 17.4 Å². The molecular weight excluding hydrogens is 486 g/mol. The van der Waals surface area contributed by atoms with Gasteiger partial charge in [-0.1, -0.05) is 45.7 Å². The topological polar surface area (TPSA) is 71.9 Å². The van der Waals surface area contributed by atoms with E-state index in [-0.39, 0.29) is 23.8 Å². The van der Waals surface area contributed by atoms with E-state index >= 15 is 0 Å². The number of thiazole rings is 1. The number of alkyl halides is 2. The lowest BCUT2D eigenvalue weighted by Gasteiger charge is -2.48. The molecule has 3 rings (SSSR count). The highest BCUT2D eigenvalue weighted by atomic mass is 35.5. The number of benzene rings is 1. The summed E-state index contributed by atoms with van der Waals surface area (Å²) >= 11 is 7.47. The third-order valence-electron chi connectivity index (χ3n) is 5.93. The number of hydrogen-bond donors (Lipinski definition) is 1. The summed E-state index contributed by atoms with van der Waals surface area (Å²) in [6, 6.07) is 4.45. The summed E-state index contributed by atoms with van der Waals surface area (Å²) in [6.45, 7) is 8.26. The molecule has 188 valence electrons. The summed E-state index contributed by atoms with van der Waals surface area (Å²) < 4.78 is 36.7. The van der Waals surface area contributed by atoms with Gasteiger partial charge in [-0.05, 0) is 37.0 Å². The molecule has 1 aromatic carbocycles. The molecule has 10 heteroatoms. The average molecular weight is 517 g/mol. The number of aliphatic carboxylic acids is 1. The van der Waals surface area contributed by atoms with Crippen LogP contribution in [-0.2, 0) is 16.1 Å². The standard InChI is InChI=1S/C24H31ClF2N2O4S/c1-6-9-24(21(30)31)13-29(12-19(33-24)23(3,4)5)11-18-14(2)28-20(34-18)16-10-15(25)7-8-17(16)32-22(26)27/h7-8,10,19,22H,6,9,11-13H2,1-5H3,(H,30,31)/t19-,24-/m1/s1. The normalized spacial score (nSPS) is 21.7. The first kappa shape index (κ1) is 26.8. The Hall–Kier alpha value is -1.81. The smallest absolute Gasteiger partial charge is 0.387 e. The zero-order chi connectivity index (χ0) is 25.3. The van der Waals surface area contributed by atoms with Gasteiger partial charge in [-0.3, -0.25) is 4.90 Å². The van der Waals surface area contributed by atoms with Crippen molar-refractivity contribution in [1.29, 1.82) is 0 Å². The predicted molar refractivity (Wildman–Crippen MR) is 129 cm³/mol. The molecule has 1 aliphatic heterocycles. The lowest BCUT2D eigenvalue weighted by Crippen LogP contribution is -2.61. The maximum atomic E-state index is 12.9. The van der Waals surface area contributed by atoms with Crippen LogP contribution in [-0.4, -0.2) is 52.4 Å². The van der Waals surface area contributed by atoms with E-state index in [1.807, 2.05) is 34.6 Å². The molecule has 0 radical (unpaired) electrons. The molecule has 2 atom stereocenters. The third kappa shape index (κ3) is 6.05. The Morgan fingerprint density at radius 3 is 2.74 bits per heavy atom. The highest BCUT2D eigenvalue weighted by Crippen LogP contribution is 2.39. The van der Waals surface area contributed by atoms with Gasteiger partial charge >= 0.3 is 12.6 Å². The first-order chi connectivity index (χ1) is 15.8. The summed E-state index contributed by atoms with van der Waals surface area (Å²) in [7, 11) is 0. The van der Waals surface area contributed by atoms with E-state index < -0.39 is 18.2 Å². The molecule has 6 nitrogen and oxygen atoms in total. The van der Waals surface area contributed by atoms with Gasteiger partial charge in [0.25, 0.3) is 0 Å². The monoisotopic (exact) mass is 516 g/mol. The maximum absolute atomic E-state index is 12.9. The Labute approximate surface area is 207 Å². The Balaban J connectivity index is 1.93. The molecule has 1 saturated heterocycles. The first-order valence-electron chi connectivity index (χ1n) is 11.2. The van der Waals surface area contributed by atoms with Crippen molar-refractivity contribution in [2.45, 2.75) is 72.3 Å². The van der Waals surface area contributed by atoms with Crippen molar-refractivity contribution in [3.63, 3.8) is 0 Å². The van der Waals surface area contributed by atoms with Gasteiger partial charge in [-0.2, -0.15) is 8.78 Å². The molecule has 2 aromatic rings. The van der Waals surface area contributed by atoms with Crippen molar-refractivity contribution in [1.82, 2.24) is 9.88 Å². The van der Waals surface area contributed by atoms with Crippen LogP contribution in [0.4, 0.5) is 8.78 Å². The van der Waals surface area contributed by atoms with Gasteiger partial charge in [-0.25, -0.2) is 9.78 Å². The molecule has 0 amide bonds. The van der Waals surface area contributed by atoms with Crippen LogP contribution in [0.25, 0.3) is 10.6 Å². The molecular formula is C24H31ClF2N2O4S. The quantitative estimate of drug-likeness (QED) is 0.447. The van der Waals surface area contributed by atoms with E-state index in [9.17, 15) is 18.7 Å². The third-order valence-corrected chi connectivity index (χ3v) is 7.34. The number of aromatic nitrogens is 1. The highest BCUT2D eigenvalue weighted by Gasteiger charge is 2.49. The van der Waals surface area contributed by atoms with Gasteiger partial charge in [0.2, 0.25) is 0 Å². The van der Waals surface area contributed by atoms with Gasteiger partial charge in [-0.15, -0.1) is 11.3 Å². The van der Waals surface area contributed by atoms with Crippen LogP contribution in [0.1, 0.15) is 51.1 Å². The van der Waals surface area contributed by atoms with Crippen LogP contribution in [0.2, 0.25) is 5.02 Å². The zero-order valence-electron chi connectivity index (χ0n) is 20.0. The Morgan fingerprint density at radius 1 is 1.44 bits per heavy atom. The summed E-state index contributed by atoms with van der Waals surface area (Å²) in [4.78, 5) is 19.9. The second-order valence-electron chi connectivity index (χ2n) is 9.74. The summed E-state index contributed by atoms with van der Waals surface area (Å²) in [5.41, 5.74) is -0.383. The number of rotatable bonds is 8. The van der Waals surface area contributed by atoms with E-state index in [1.165, 1.54) is 23.5 Å². The van der Waals surface area contributed by atoms with Gasteiger partial charge < -0.3 is 14.6 Å². The van der Waals surface area contributed by atoms with Crippen molar-refractivity contribution in [3.8, 4) is 16.3 Å². The van der Waals surface area contributed by atoms with E-state index in [1.54, 1.807) is 6.07 Å². The number of carboxylic acids is 1. The van der Waals surface area contributed by atoms with Crippen LogP contribution >= 0.6 is 22.9 Å². The summed E-state index contributed by atoms with van der Waals surface area (Å²) in [6.07, 6.45) is 0.827. The number of carbonyl (C=O) groups is 1. The molecule has 0 bridgehead atoms. The molecule has 0 saturated carbocycles. The second kappa shape index (κ2) is 10.4. The molecule has 34 heavy (non-hydrogen) atoms. The van der Waals surface area contributed by atoms with Crippen molar-refractivity contribution >= 4 is 28.9 Å². The molecule has 0 aliphatic carbocycles. The summed E-state index contributed by atoms with van der Waals surface area (Å²) in [5.74, 6) is -0.950. The van der Waals surface area contributed by atoms with E-state index in [0.29, 0.717) is 41.5 Å². The minimum Gasteiger partial charge on any atom is -0.479 e. The highest BCUT2D eigenvalue weighted by molar-refractivity contribution is 7.15. The number of carboxylic acid groups (broad SMARTS) is 1. The minimum absolute atomic E-state index is 0.00621. The van der Waals surface area contributed by atoms with Gasteiger partial charge in [0, 0.05) is 29.5 Å². The fourth-order valence-electron chi connectivity index (χ4n) is 4.11. The Bertz CT molecular complexity index is 1030. The molecule has 1 fully saturated rings. The number of halogens is 3. The second-order valence-corrected chi connectivity index (χ2v) is 11.3. The fraction of sp³-hybridized carbons (Fsp3) is 0.583. The number of morpholine rings is 1. The van der Waals surface area contributed by atoms with Crippen LogP contribution < -0.4 is 4.74 Å². The lowest BCUT2D eigenvalue weighted by molar-refractivity contribution is -0.210. The Morgan fingerprint density at radius 2 is 2.15 bits per heavy atom. The Kier molecular flexibility index (Phi) is 8.22. The number of ether oxygens (including phenoxy) is 2. The van der Waals surface area contributed by atoms with Crippen molar-refractivity contribution < 1.29 is 28.2 Å². The zero-order valence-corrected chi connectivity index (χ0v) is 21.6. The van der Waals surface area contributed by atoms with Crippen molar-refractivity contribution in [2.24, 2.45) is 5.41 Å². The van der Waals surface area contributed by atoms with Crippen molar-refractivity contribution in [3.05, 3.63) is 33.8 Å². The van der Waals surface area contributed by atoms with E-state index in [0.717, 1.165) is 10.6 Å². The van der Waals surface area contributed by atoms with Crippen LogP contribution in [0.15, 0.2) is 18.2 Å². The lowest BCUT2D eigenvalue weighted by atomic mass is 9.84. The van der Waals surface area contributed by atoms with E-state index in [4.69, 9.17) is 16.3 Å². The molecule has 2 heterocycles. The SMILES string of the molecule is CCC[C@]1(C(=O)O)CN(Cc2sc(-c3cc(Cl)ccc3OC(F)F)nc2C)C[C@H](C(C)(C)C)O1. The first-order valence-corrected chi connectivity index (χ1v) is 12.4. The average Bonchev–Trinajstić information content (AvgIpc) is 3.08. The van der Waals surface area contributed by atoms with Gasteiger partial charge in [0.15, 0.2) is 5.60 Å². The van der Waals surface area contributed by atoms with Crippen molar-refractivity contribution in [2.75, 3.05) is 13.1 Å². The molecule has 0 spiro atoms. The van der Waals surface area contributed by atoms with Crippen LogP contribution in [0.3, 0.4) is 0 Å². The molecule has 1 aliphatic rings. The number of nitrogens with zero attached hydrogens (tertiary/aromatic N) is 2. The minimum atomic E-state index is -2.97. The largest absolute Gasteiger partial charge is 0.479 e. The summed E-state index contributed by atoms with van der Waals surface area (Å²) in [5, 5.41) is 11.0. The fourth-order valence-corrected chi connectivity index (χ4v) is 5.40. The van der Waals surface area contributed by atoms with Crippen LogP contribution in [0.5, 0.6) is 5.75 Å². The predicted octanol–water partition coefficient (Wildman–Crippen LogP) is 6.24. The molecule has 1 N–H and O–H groups in total. The van der Waals surface area contributed by atoms with E-state index in [2.05, 4.69) is 14.6 Å². The number of hydrogen-bond acceptors (Lipinski definition) is 6. The maximum Gasteiger partial charge on any atom is 0.387 e. The molecule has 1 aromatic heterocycles. The van der Waals surface area contributed by atoms with Crippen LogP contribution in [0, 0.1) is 12.3 Å².